The number of carbonyl (C=O) groups is 1. The summed E-state index contributed by atoms with van der Waals surface area (Å²) in [5.74, 6) is 0.351. The molecule has 0 saturated heterocycles. The lowest BCUT2D eigenvalue weighted by molar-refractivity contribution is 0.103. The first kappa shape index (κ1) is 17.8. The molecule has 0 aliphatic carbocycles. The van der Waals surface area contributed by atoms with E-state index < -0.39 is 10.0 Å². The smallest absolute Gasteiger partial charge is 0.247 e. The van der Waals surface area contributed by atoms with Gasteiger partial charge in [-0.15, -0.1) is 11.3 Å². The van der Waals surface area contributed by atoms with E-state index in [1.807, 2.05) is 18.2 Å². The van der Waals surface area contributed by atoms with E-state index in [9.17, 15) is 13.2 Å². The summed E-state index contributed by atoms with van der Waals surface area (Å²) in [4.78, 5) is 12.5. The molecule has 0 aliphatic heterocycles. The van der Waals surface area contributed by atoms with Crippen molar-refractivity contribution in [1.29, 1.82) is 0 Å². The first-order chi connectivity index (χ1) is 10.8. The fourth-order valence-corrected chi connectivity index (χ4v) is 3.66. The van der Waals surface area contributed by atoms with Crippen LogP contribution in [0.2, 0.25) is 0 Å². The number of hydrogen-bond acceptors (Lipinski definition) is 5. The second kappa shape index (κ2) is 7.35. The molecule has 0 atom stereocenters. The Morgan fingerprint density at radius 2 is 2.00 bits per heavy atom. The average molecular weight is 352 g/mol. The summed E-state index contributed by atoms with van der Waals surface area (Å²) >= 11 is 0.955. The molecular formula is C16H20N2O3S2. The van der Waals surface area contributed by atoms with Crippen LogP contribution in [0.25, 0.3) is 0 Å². The van der Waals surface area contributed by atoms with Crippen molar-refractivity contribution in [3.63, 3.8) is 0 Å². The number of sulfonamides is 1. The molecule has 0 amide bonds. The minimum absolute atomic E-state index is 0.00407. The third kappa shape index (κ3) is 4.97. The van der Waals surface area contributed by atoms with E-state index >= 15 is 0 Å². The molecule has 1 aromatic heterocycles. The summed E-state index contributed by atoms with van der Waals surface area (Å²) in [5.41, 5.74) is 1.89. The van der Waals surface area contributed by atoms with Crippen LogP contribution in [0.1, 0.15) is 35.3 Å². The molecule has 1 heterocycles. The number of benzene rings is 1. The molecule has 2 aromatic rings. The second-order valence-electron chi connectivity index (χ2n) is 5.75. The average Bonchev–Trinajstić information content (AvgIpc) is 2.96. The molecule has 0 bridgehead atoms. The fraction of sp³-hybridized carbons (Fsp3) is 0.312. The molecule has 23 heavy (non-hydrogen) atoms. The zero-order valence-electron chi connectivity index (χ0n) is 13.1. The van der Waals surface area contributed by atoms with E-state index in [1.54, 1.807) is 6.07 Å². The van der Waals surface area contributed by atoms with Crippen LogP contribution in [0.3, 0.4) is 0 Å². The first-order valence-corrected chi connectivity index (χ1v) is 9.65. The molecule has 0 spiro atoms. The molecule has 0 unspecified atom stereocenters. The van der Waals surface area contributed by atoms with Crippen molar-refractivity contribution in [2.45, 2.75) is 24.6 Å². The maximum absolute atomic E-state index is 12.5. The Balaban J connectivity index is 2.15. The van der Waals surface area contributed by atoms with Gasteiger partial charge in [0.05, 0.1) is 0 Å². The van der Waals surface area contributed by atoms with Crippen LogP contribution in [-0.4, -0.2) is 20.7 Å². The summed E-state index contributed by atoms with van der Waals surface area (Å²) in [6.45, 7) is 5.85. The van der Waals surface area contributed by atoms with Crippen molar-refractivity contribution in [2.24, 2.45) is 11.1 Å². The predicted octanol–water partition coefficient (Wildman–Crippen LogP) is 2.37. The summed E-state index contributed by atoms with van der Waals surface area (Å²) < 4.78 is 22.6. The molecule has 3 N–H and O–H groups in total. The van der Waals surface area contributed by atoms with Crippen LogP contribution in [0.15, 0.2) is 39.9 Å². The van der Waals surface area contributed by atoms with E-state index in [4.69, 9.17) is 5.14 Å². The Bertz CT molecular complexity index is 795. The molecule has 0 aliphatic rings. The zero-order valence-corrected chi connectivity index (χ0v) is 14.7. The van der Waals surface area contributed by atoms with Gasteiger partial charge in [-0.1, -0.05) is 32.0 Å². The van der Waals surface area contributed by atoms with Gasteiger partial charge >= 0.3 is 0 Å². The summed E-state index contributed by atoms with van der Waals surface area (Å²) in [7, 11) is -3.77. The van der Waals surface area contributed by atoms with Crippen molar-refractivity contribution in [2.75, 3.05) is 6.54 Å². The zero-order chi connectivity index (χ0) is 17.0. The maximum atomic E-state index is 12.5. The molecule has 2 rings (SSSR count). The van der Waals surface area contributed by atoms with Gasteiger partial charge in [-0.2, -0.15) is 0 Å². The van der Waals surface area contributed by atoms with Crippen molar-refractivity contribution in [1.82, 2.24) is 5.32 Å². The van der Waals surface area contributed by atoms with E-state index in [1.165, 1.54) is 11.4 Å². The topological polar surface area (TPSA) is 89.3 Å². The minimum atomic E-state index is -3.77. The Labute approximate surface area is 140 Å². The van der Waals surface area contributed by atoms with Crippen molar-refractivity contribution in [3.05, 3.63) is 52.4 Å². The third-order valence-electron chi connectivity index (χ3n) is 3.19. The van der Waals surface area contributed by atoms with Gasteiger partial charge in [0.2, 0.25) is 10.0 Å². The number of nitrogens with two attached hydrogens (primary N) is 1. The lowest BCUT2D eigenvalue weighted by Gasteiger charge is -2.08. The molecular weight excluding hydrogens is 332 g/mol. The van der Waals surface area contributed by atoms with Gasteiger partial charge in [0.15, 0.2) is 5.78 Å². The highest BCUT2D eigenvalue weighted by Crippen LogP contribution is 2.21. The SMILES string of the molecule is CC(C)CNCc1cccc(C(=O)c2csc(S(N)(=O)=O)c2)c1. The van der Waals surface area contributed by atoms with Crippen LogP contribution in [-0.2, 0) is 16.6 Å². The number of rotatable bonds is 7. The first-order valence-electron chi connectivity index (χ1n) is 7.23. The summed E-state index contributed by atoms with van der Waals surface area (Å²) in [5, 5.41) is 9.92. The van der Waals surface area contributed by atoms with E-state index in [0.29, 0.717) is 23.6 Å². The molecule has 0 saturated carbocycles. The van der Waals surface area contributed by atoms with Crippen LogP contribution >= 0.6 is 11.3 Å². The maximum Gasteiger partial charge on any atom is 0.247 e. The van der Waals surface area contributed by atoms with Crippen LogP contribution in [0.5, 0.6) is 0 Å². The van der Waals surface area contributed by atoms with Crippen molar-refractivity contribution in [3.8, 4) is 0 Å². The highest BCUT2D eigenvalue weighted by molar-refractivity contribution is 7.91. The molecule has 1 aromatic carbocycles. The Morgan fingerprint density at radius 1 is 1.26 bits per heavy atom. The molecule has 0 radical (unpaired) electrons. The van der Waals surface area contributed by atoms with Gasteiger partial charge in [-0.05, 0) is 30.2 Å². The lowest BCUT2D eigenvalue weighted by Crippen LogP contribution is -2.19. The molecule has 124 valence electrons. The van der Waals surface area contributed by atoms with Gasteiger partial charge < -0.3 is 5.32 Å². The molecule has 7 heteroatoms. The van der Waals surface area contributed by atoms with Gasteiger partial charge in [0.25, 0.3) is 0 Å². The largest absolute Gasteiger partial charge is 0.312 e. The quantitative estimate of drug-likeness (QED) is 0.749. The minimum Gasteiger partial charge on any atom is -0.312 e. The highest BCUT2D eigenvalue weighted by atomic mass is 32.2. The van der Waals surface area contributed by atoms with E-state index in [2.05, 4.69) is 19.2 Å². The van der Waals surface area contributed by atoms with E-state index in [-0.39, 0.29) is 9.99 Å². The summed E-state index contributed by atoms with van der Waals surface area (Å²) in [6.07, 6.45) is 0. The normalized spacial score (nSPS) is 11.8. The number of carbonyl (C=O) groups excluding carboxylic acids is 1. The number of primary sulfonamides is 1. The van der Waals surface area contributed by atoms with Gasteiger partial charge in [-0.25, -0.2) is 13.6 Å². The number of nitrogens with one attached hydrogen (secondary N) is 1. The molecule has 5 nitrogen and oxygen atoms in total. The number of ketones is 1. The summed E-state index contributed by atoms with van der Waals surface area (Å²) in [6, 6.07) is 8.65. The van der Waals surface area contributed by atoms with Crippen LogP contribution in [0, 0.1) is 5.92 Å². The Hall–Kier alpha value is -1.54. The lowest BCUT2D eigenvalue weighted by atomic mass is 10.0. The Kier molecular flexibility index (Phi) is 5.69. The number of hydrogen-bond donors (Lipinski definition) is 2. The standard InChI is InChI=1S/C16H20N2O3S2/c1-11(2)8-18-9-12-4-3-5-13(6-12)16(19)14-7-15(22-10-14)23(17,20)21/h3-7,10-11,18H,8-9H2,1-2H3,(H2,17,20,21). The van der Waals surface area contributed by atoms with Crippen molar-refractivity contribution < 1.29 is 13.2 Å². The number of thiophene rings is 1. The van der Waals surface area contributed by atoms with Crippen LogP contribution < -0.4 is 10.5 Å². The fourth-order valence-electron chi connectivity index (χ4n) is 2.08. The van der Waals surface area contributed by atoms with Gasteiger partial charge in [0.1, 0.15) is 4.21 Å². The van der Waals surface area contributed by atoms with Gasteiger partial charge in [-0.3, -0.25) is 4.79 Å². The van der Waals surface area contributed by atoms with Gasteiger partial charge in [0, 0.05) is 23.1 Å². The van der Waals surface area contributed by atoms with E-state index in [0.717, 1.165) is 23.4 Å². The predicted molar refractivity (Wildman–Crippen MR) is 92.1 cm³/mol. The molecule has 0 fully saturated rings. The second-order valence-corrected chi connectivity index (χ2v) is 8.45. The highest BCUT2D eigenvalue weighted by Gasteiger charge is 2.16. The monoisotopic (exact) mass is 352 g/mol. The van der Waals surface area contributed by atoms with Crippen LogP contribution in [0.4, 0.5) is 0 Å². The van der Waals surface area contributed by atoms with Crippen molar-refractivity contribution >= 4 is 27.1 Å². The Morgan fingerprint density at radius 3 is 2.61 bits per heavy atom. The third-order valence-corrected chi connectivity index (χ3v) is 5.58.